The molecule has 0 heterocycles. The Morgan fingerprint density at radius 1 is 1.04 bits per heavy atom. The van der Waals surface area contributed by atoms with Crippen LogP contribution < -0.4 is 5.32 Å². The molecule has 0 fully saturated rings. The molecule has 23 heavy (non-hydrogen) atoms. The van der Waals surface area contributed by atoms with E-state index in [9.17, 15) is 23.2 Å². The minimum Gasteiger partial charge on any atom is -0.469 e. The third kappa shape index (κ3) is 5.32. The van der Waals surface area contributed by atoms with Crippen LogP contribution in [0.2, 0.25) is 0 Å². The molecular weight excluding hydrogens is 312 g/mol. The Balaban J connectivity index is 2.90. The van der Waals surface area contributed by atoms with Crippen LogP contribution in [0.25, 0.3) is 0 Å². The van der Waals surface area contributed by atoms with Gasteiger partial charge in [-0.15, -0.1) is 0 Å². The standard InChI is InChI=1S/C15H17F2NO5/c1-8(14(20)22-2)4-12(15(21)23-3)18-13(19)9-5-10(16)7-11(17)6-9/h5-8,12H,4H2,1-3H3,(H,18,19)/t8-,12+/m1/s1. The fourth-order valence-electron chi connectivity index (χ4n) is 1.93. The lowest BCUT2D eigenvalue weighted by Crippen LogP contribution is -2.43. The number of esters is 2. The summed E-state index contributed by atoms with van der Waals surface area (Å²) >= 11 is 0. The molecule has 1 rings (SSSR count). The van der Waals surface area contributed by atoms with Crippen LogP contribution in [0.15, 0.2) is 18.2 Å². The Labute approximate surface area is 131 Å². The van der Waals surface area contributed by atoms with Crippen molar-refractivity contribution in [2.24, 2.45) is 5.92 Å². The zero-order chi connectivity index (χ0) is 17.6. The second-order valence-electron chi connectivity index (χ2n) is 4.87. The Hall–Kier alpha value is -2.51. The molecule has 0 spiro atoms. The molecule has 1 aromatic carbocycles. The number of amides is 1. The summed E-state index contributed by atoms with van der Waals surface area (Å²) in [5.41, 5.74) is -0.290. The van der Waals surface area contributed by atoms with E-state index in [1.165, 1.54) is 14.0 Å². The molecule has 0 aliphatic carbocycles. The van der Waals surface area contributed by atoms with E-state index in [4.69, 9.17) is 0 Å². The summed E-state index contributed by atoms with van der Waals surface area (Å²) in [6.45, 7) is 1.51. The molecule has 0 aliphatic rings. The molecule has 0 aromatic heterocycles. The van der Waals surface area contributed by atoms with Crippen molar-refractivity contribution in [3.8, 4) is 0 Å². The predicted molar refractivity (Wildman–Crippen MR) is 75.4 cm³/mol. The van der Waals surface area contributed by atoms with Crippen LogP contribution in [0.3, 0.4) is 0 Å². The molecule has 0 unspecified atom stereocenters. The quantitative estimate of drug-likeness (QED) is 0.799. The minimum absolute atomic E-state index is 0.0805. The van der Waals surface area contributed by atoms with Crippen LogP contribution in [-0.2, 0) is 19.1 Å². The normalized spacial score (nSPS) is 12.9. The van der Waals surface area contributed by atoms with Gasteiger partial charge in [-0.25, -0.2) is 13.6 Å². The number of hydrogen-bond acceptors (Lipinski definition) is 5. The molecule has 0 bridgehead atoms. The highest BCUT2D eigenvalue weighted by atomic mass is 19.1. The van der Waals surface area contributed by atoms with Gasteiger partial charge in [0.2, 0.25) is 0 Å². The molecule has 126 valence electrons. The van der Waals surface area contributed by atoms with Crippen molar-refractivity contribution in [3.05, 3.63) is 35.4 Å². The molecule has 1 aromatic rings. The van der Waals surface area contributed by atoms with Gasteiger partial charge >= 0.3 is 11.9 Å². The summed E-state index contributed by atoms with van der Waals surface area (Å²) in [5.74, 6) is -4.75. The van der Waals surface area contributed by atoms with Gasteiger partial charge in [0.15, 0.2) is 0 Å². The molecule has 0 radical (unpaired) electrons. The van der Waals surface area contributed by atoms with E-state index in [1.54, 1.807) is 0 Å². The average molecular weight is 329 g/mol. The molecule has 1 amide bonds. The molecule has 0 saturated heterocycles. The number of halogens is 2. The Morgan fingerprint density at radius 3 is 2.04 bits per heavy atom. The minimum atomic E-state index is -1.16. The van der Waals surface area contributed by atoms with Crippen molar-refractivity contribution in [2.75, 3.05) is 14.2 Å². The molecule has 0 saturated carbocycles. The van der Waals surface area contributed by atoms with E-state index in [-0.39, 0.29) is 12.0 Å². The first kappa shape index (κ1) is 18.5. The summed E-state index contributed by atoms with van der Waals surface area (Å²) < 4.78 is 35.4. The summed E-state index contributed by atoms with van der Waals surface area (Å²) in [6, 6.07) is 1.12. The summed E-state index contributed by atoms with van der Waals surface area (Å²) in [6.07, 6.45) is -0.0805. The maximum Gasteiger partial charge on any atom is 0.328 e. The van der Waals surface area contributed by atoms with E-state index >= 15 is 0 Å². The molecule has 8 heteroatoms. The SMILES string of the molecule is COC(=O)[C@H](C)C[C@H](NC(=O)c1cc(F)cc(F)c1)C(=O)OC. The van der Waals surface area contributed by atoms with Crippen LogP contribution in [0.5, 0.6) is 0 Å². The lowest BCUT2D eigenvalue weighted by Gasteiger charge is -2.19. The van der Waals surface area contributed by atoms with Crippen molar-refractivity contribution < 1.29 is 32.6 Å². The predicted octanol–water partition coefficient (Wildman–Crippen LogP) is 1.44. The van der Waals surface area contributed by atoms with Crippen LogP contribution in [0, 0.1) is 17.6 Å². The zero-order valence-corrected chi connectivity index (χ0v) is 12.9. The summed E-state index contributed by atoms with van der Waals surface area (Å²) in [5, 5.41) is 2.29. The second-order valence-corrected chi connectivity index (χ2v) is 4.87. The van der Waals surface area contributed by atoms with E-state index in [0.29, 0.717) is 6.07 Å². The van der Waals surface area contributed by atoms with Crippen LogP contribution in [0.4, 0.5) is 8.78 Å². The van der Waals surface area contributed by atoms with Gasteiger partial charge in [-0.3, -0.25) is 9.59 Å². The summed E-state index contributed by atoms with van der Waals surface area (Å²) in [4.78, 5) is 35.2. The average Bonchev–Trinajstić information content (AvgIpc) is 2.51. The zero-order valence-electron chi connectivity index (χ0n) is 12.9. The monoisotopic (exact) mass is 329 g/mol. The smallest absolute Gasteiger partial charge is 0.328 e. The Bertz CT molecular complexity index is 585. The number of carbonyl (C=O) groups is 3. The largest absolute Gasteiger partial charge is 0.469 e. The van der Waals surface area contributed by atoms with E-state index in [1.807, 2.05) is 0 Å². The number of benzene rings is 1. The first-order valence-electron chi connectivity index (χ1n) is 6.71. The summed E-state index contributed by atoms with van der Waals surface area (Å²) in [7, 11) is 2.31. The number of carbonyl (C=O) groups excluding carboxylic acids is 3. The van der Waals surface area contributed by atoms with Gasteiger partial charge < -0.3 is 14.8 Å². The van der Waals surface area contributed by atoms with Gasteiger partial charge in [0.1, 0.15) is 17.7 Å². The van der Waals surface area contributed by atoms with Crippen LogP contribution in [-0.4, -0.2) is 38.1 Å². The van der Waals surface area contributed by atoms with Gasteiger partial charge in [0, 0.05) is 11.6 Å². The molecule has 2 atom stereocenters. The highest BCUT2D eigenvalue weighted by Crippen LogP contribution is 2.12. The lowest BCUT2D eigenvalue weighted by molar-refractivity contribution is -0.147. The van der Waals surface area contributed by atoms with Crippen molar-refractivity contribution in [1.82, 2.24) is 5.32 Å². The first-order chi connectivity index (χ1) is 10.8. The van der Waals surface area contributed by atoms with Gasteiger partial charge in [-0.1, -0.05) is 6.92 Å². The third-order valence-corrected chi connectivity index (χ3v) is 3.11. The number of ether oxygens (including phenoxy) is 2. The number of nitrogens with one attached hydrogen (secondary N) is 1. The third-order valence-electron chi connectivity index (χ3n) is 3.11. The molecular formula is C15H17F2NO5. The number of hydrogen-bond donors (Lipinski definition) is 1. The highest BCUT2D eigenvalue weighted by Gasteiger charge is 2.27. The molecule has 6 nitrogen and oxygen atoms in total. The second kappa shape index (κ2) is 8.21. The van der Waals surface area contributed by atoms with Gasteiger partial charge in [0.05, 0.1) is 20.1 Å². The van der Waals surface area contributed by atoms with Gasteiger partial charge in [-0.2, -0.15) is 0 Å². The van der Waals surface area contributed by atoms with Crippen LogP contribution >= 0.6 is 0 Å². The first-order valence-corrected chi connectivity index (χ1v) is 6.71. The van der Waals surface area contributed by atoms with E-state index in [0.717, 1.165) is 19.2 Å². The van der Waals surface area contributed by atoms with Crippen molar-refractivity contribution in [2.45, 2.75) is 19.4 Å². The van der Waals surface area contributed by atoms with Gasteiger partial charge in [0.25, 0.3) is 5.91 Å². The lowest BCUT2D eigenvalue weighted by atomic mass is 10.0. The van der Waals surface area contributed by atoms with Crippen LogP contribution in [0.1, 0.15) is 23.7 Å². The van der Waals surface area contributed by atoms with E-state index in [2.05, 4.69) is 14.8 Å². The van der Waals surface area contributed by atoms with Crippen molar-refractivity contribution in [3.63, 3.8) is 0 Å². The Kier molecular flexibility index (Phi) is 6.62. The fraction of sp³-hybridized carbons (Fsp3) is 0.400. The van der Waals surface area contributed by atoms with Gasteiger partial charge in [-0.05, 0) is 18.6 Å². The topological polar surface area (TPSA) is 81.7 Å². The highest BCUT2D eigenvalue weighted by molar-refractivity contribution is 5.96. The number of methoxy groups -OCH3 is 2. The number of rotatable bonds is 6. The van der Waals surface area contributed by atoms with E-state index < -0.39 is 41.4 Å². The van der Waals surface area contributed by atoms with Crippen molar-refractivity contribution in [1.29, 1.82) is 0 Å². The molecule has 0 aliphatic heterocycles. The Morgan fingerprint density at radius 2 is 1.57 bits per heavy atom. The van der Waals surface area contributed by atoms with Crippen molar-refractivity contribution >= 4 is 17.8 Å². The molecule has 1 N–H and O–H groups in total. The maximum absolute atomic E-state index is 13.1. The fourth-order valence-corrected chi connectivity index (χ4v) is 1.93. The maximum atomic E-state index is 13.1.